The van der Waals surface area contributed by atoms with Crippen LogP contribution in [0.1, 0.15) is 15.9 Å². The van der Waals surface area contributed by atoms with Crippen molar-refractivity contribution in [1.29, 1.82) is 0 Å². The van der Waals surface area contributed by atoms with E-state index in [2.05, 4.69) is 10.5 Å². The van der Waals surface area contributed by atoms with Crippen LogP contribution in [0.5, 0.6) is 17.2 Å². The fraction of sp³-hybridized carbons (Fsp3) is 0. The maximum absolute atomic E-state index is 11.8. The molecule has 0 bridgehead atoms. The van der Waals surface area contributed by atoms with Gasteiger partial charge in [-0.15, -0.1) is 0 Å². The summed E-state index contributed by atoms with van der Waals surface area (Å²) in [7, 11) is 0. The Morgan fingerprint density at radius 3 is 2.52 bits per heavy atom. The Bertz CT molecular complexity index is 803. The summed E-state index contributed by atoms with van der Waals surface area (Å²) in [5, 5.41) is 42.6. The minimum Gasteiger partial charge on any atom is -0.508 e. The Morgan fingerprint density at radius 1 is 1.13 bits per heavy atom. The minimum atomic E-state index is -0.806. The zero-order chi connectivity index (χ0) is 17.0. The molecule has 118 valence electrons. The minimum absolute atomic E-state index is 0.0274. The van der Waals surface area contributed by atoms with Crippen LogP contribution in [0.3, 0.4) is 0 Å². The number of phenolic OH excluding ortho intramolecular Hbond substituents is 3. The van der Waals surface area contributed by atoms with Crippen LogP contribution in [0.15, 0.2) is 41.5 Å². The highest BCUT2D eigenvalue weighted by Gasteiger charge is 2.12. The Balaban J connectivity index is 2.15. The van der Waals surface area contributed by atoms with Gasteiger partial charge in [0.2, 0.25) is 0 Å². The van der Waals surface area contributed by atoms with E-state index in [1.54, 1.807) is 0 Å². The molecule has 9 nitrogen and oxygen atoms in total. The molecule has 0 aliphatic carbocycles. The summed E-state index contributed by atoms with van der Waals surface area (Å²) in [5.41, 5.74) is 1.65. The number of non-ortho nitro benzene ring substituents is 1. The van der Waals surface area contributed by atoms with Gasteiger partial charge in [-0.25, -0.2) is 5.43 Å². The maximum atomic E-state index is 11.8. The van der Waals surface area contributed by atoms with Gasteiger partial charge < -0.3 is 15.3 Å². The molecule has 2 aromatic rings. The standard InChI is InChI=1S/C14H11N3O6/c18-10-2-4-13(20)11(6-10)14(21)16-15-7-8-5-9(17(22)23)1-3-12(8)19/h1-7,18-20H,(H,16,21). The number of hydrogen-bond acceptors (Lipinski definition) is 7. The molecule has 0 aromatic heterocycles. The summed E-state index contributed by atoms with van der Waals surface area (Å²) in [6, 6.07) is 6.72. The average molecular weight is 317 g/mol. The van der Waals surface area contributed by atoms with Gasteiger partial charge in [-0.3, -0.25) is 14.9 Å². The zero-order valence-corrected chi connectivity index (χ0v) is 11.5. The molecule has 2 rings (SSSR count). The van der Waals surface area contributed by atoms with Crippen LogP contribution < -0.4 is 5.43 Å². The van der Waals surface area contributed by atoms with Gasteiger partial charge in [0.15, 0.2) is 0 Å². The lowest BCUT2D eigenvalue weighted by molar-refractivity contribution is -0.384. The number of benzene rings is 2. The molecular weight excluding hydrogens is 306 g/mol. The fourth-order valence-corrected chi connectivity index (χ4v) is 1.69. The highest BCUT2D eigenvalue weighted by atomic mass is 16.6. The maximum Gasteiger partial charge on any atom is 0.275 e. The number of nitro benzene ring substituents is 1. The van der Waals surface area contributed by atoms with E-state index in [1.165, 1.54) is 6.07 Å². The van der Waals surface area contributed by atoms with Gasteiger partial charge in [-0.2, -0.15) is 5.10 Å². The van der Waals surface area contributed by atoms with Crippen molar-refractivity contribution in [3.8, 4) is 17.2 Å². The Labute approximate surface area is 129 Å². The first-order valence-electron chi connectivity index (χ1n) is 6.21. The molecule has 0 saturated carbocycles. The molecule has 9 heteroatoms. The Kier molecular flexibility index (Phi) is 4.41. The van der Waals surface area contributed by atoms with E-state index in [0.717, 1.165) is 36.5 Å². The third-order valence-corrected chi connectivity index (χ3v) is 2.82. The lowest BCUT2D eigenvalue weighted by Crippen LogP contribution is -2.17. The number of amides is 1. The van der Waals surface area contributed by atoms with E-state index < -0.39 is 10.8 Å². The number of nitro groups is 1. The van der Waals surface area contributed by atoms with Gasteiger partial charge in [-0.1, -0.05) is 0 Å². The molecule has 23 heavy (non-hydrogen) atoms. The van der Waals surface area contributed by atoms with E-state index in [9.17, 15) is 30.2 Å². The number of aromatic hydroxyl groups is 3. The second-order valence-electron chi connectivity index (χ2n) is 4.40. The van der Waals surface area contributed by atoms with Crippen molar-refractivity contribution in [2.45, 2.75) is 0 Å². The fourth-order valence-electron chi connectivity index (χ4n) is 1.69. The molecule has 0 spiro atoms. The predicted octanol–water partition coefficient (Wildman–Crippen LogP) is 1.48. The van der Waals surface area contributed by atoms with Crippen LogP contribution in [-0.4, -0.2) is 32.4 Å². The van der Waals surface area contributed by atoms with Crippen molar-refractivity contribution in [2.75, 3.05) is 0 Å². The third kappa shape index (κ3) is 3.73. The van der Waals surface area contributed by atoms with Crippen molar-refractivity contribution >= 4 is 17.8 Å². The topological polar surface area (TPSA) is 145 Å². The van der Waals surface area contributed by atoms with Gasteiger partial charge in [-0.05, 0) is 24.3 Å². The summed E-state index contributed by atoms with van der Waals surface area (Å²) in [4.78, 5) is 21.8. The molecule has 0 saturated heterocycles. The number of nitrogens with zero attached hydrogens (tertiary/aromatic N) is 2. The number of phenols is 3. The number of carbonyl (C=O) groups is 1. The first-order valence-corrected chi connectivity index (χ1v) is 6.21. The molecule has 0 aliphatic rings. The van der Waals surface area contributed by atoms with Crippen LogP contribution in [0.25, 0.3) is 0 Å². The largest absolute Gasteiger partial charge is 0.508 e. The Morgan fingerprint density at radius 2 is 1.83 bits per heavy atom. The second-order valence-corrected chi connectivity index (χ2v) is 4.40. The molecular formula is C14H11N3O6. The van der Waals surface area contributed by atoms with Gasteiger partial charge in [0, 0.05) is 17.7 Å². The molecule has 0 radical (unpaired) electrons. The number of rotatable bonds is 4. The third-order valence-electron chi connectivity index (χ3n) is 2.82. The van der Waals surface area contributed by atoms with Gasteiger partial charge in [0.05, 0.1) is 16.7 Å². The van der Waals surface area contributed by atoms with Crippen LogP contribution in [0, 0.1) is 10.1 Å². The molecule has 0 aliphatic heterocycles. The lowest BCUT2D eigenvalue weighted by Gasteiger charge is -2.03. The summed E-state index contributed by atoms with van der Waals surface area (Å²) in [6.45, 7) is 0. The normalized spacial score (nSPS) is 10.6. The van der Waals surface area contributed by atoms with E-state index in [1.807, 2.05) is 0 Å². The van der Waals surface area contributed by atoms with Crippen LogP contribution in [0.4, 0.5) is 5.69 Å². The number of hydrogen-bond donors (Lipinski definition) is 4. The predicted molar refractivity (Wildman–Crippen MR) is 79.6 cm³/mol. The van der Waals surface area contributed by atoms with Crippen LogP contribution in [-0.2, 0) is 0 Å². The highest BCUT2D eigenvalue weighted by molar-refractivity contribution is 5.97. The first-order chi connectivity index (χ1) is 10.9. The van der Waals surface area contributed by atoms with Gasteiger partial charge in [0.1, 0.15) is 17.2 Å². The number of nitrogens with one attached hydrogen (secondary N) is 1. The van der Waals surface area contributed by atoms with Crippen molar-refractivity contribution < 1.29 is 25.0 Å². The van der Waals surface area contributed by atoms with Crippen LogP contribution in [0.2, 0.25) is 0 Å². The Hall–Kier alpha value is -3.62. The molecule has 4 N–H and O–H groups in total. The van der Waals surface area contributed by atoms with Crippen molar-refractivity contribution in [1.82, 2.24) is 5.43 Å². The molecule has 0 heterocycles. The van der Waals surface area contributed by atoms with Crippen molar-refractivity contribution in [2.24, 2.45) is 5.10 Å². The summed E-state index contributed by atoms with van der Waals surface area (Å²) in [5.74, 6) is -1.63. The van der Waals surface area contributed by atoms with E-state index in [0.29, 0.717) is 0 Å². The van der Waals surface area contributed by atoms with Crippen molar-refractivity contribution in [3.63, 3.8) is 0 Å². The van der Waals surface area contributed by atoms with Crippen LogP contribution >= 0.6 is 0 Å². The number of carbonyl (C=O) groups excluding carboxylic acids is 1. The first kappa shape index (κ1) is 15.8. The highest BCUT2D eigenvalue weighted by Crippen LogP contribution is 2.22. The molecule has 2 aromatic carbocycles. The van der Waals surface area contributed by atoms with Gasteiger partial charge in [0.25, 0.3) is 11.6 Å². The van der Waals surface area contributed by atoms with E-state index in [-0.39, 0.29) is 34.1 Å². The lowest BCUT2D eigenvalue weighted by atomic mass is 10.2. The smallest absolute Gasteiger partial charge is 0.275 e. The van der Waals surface area contributed by atoms with E-state index >= 15 is 0 Å². The monoisotopic (exact) mass is 317 g/mol. The molecule has 0 unspecified atom stereocenters. The average Bonchev–Trinajstić information content (AvgIpc) is 2.51. The zero-order valence-electron chi connectivity index (χ0n) is 11.5. The molecule has 0 fully saturated rings. The SMILES string of the molecule is O=C(NN=Cc1cc([N+](=O)[O-])ccc1O)c1cc(O)ccc1O. The van der Waals surface area contributed by atoms with Crippen molar-refractivity contribution in [3.05, 3.63) is 57.6 Å². The summed E-state index contributed by atoms with van der Waals surface area (Å²) >= 11 is 0. The van der Waals surface area contributed by atoms with E-state index in [4.69, 9.17) is 0 Å². The molecule has 0 atom stereocenters. The van der Waals surface area contributed by atoms with Gasteiger partial charge >= 0.3 is 0 Å². The second kappa shape index (κ2) is 6.43. The molecule has 1 amide bonds. The summed E-state index contributed by atoms with van der Waals surface area (Å²) < 4.78 is 0. The quantitative estimate of drug-likeness (QED) is 0.291. The number of hydrazone groups is 1. The summed E-state index contributed by atoms with van der Waals surface area (Å²) in [6.07, 6.45) is 1.01.